The summed E-state index contributed by atoms with van der Waals surface area (Å²) in [4.78, 5) is 16.0. The molecule has 2 aromatic rings. The van der Waals surface area contributed by atoms with Crippen molar-refractivity contribution in [3.8, 4) is 0 Å². The van der Waals surface area contributed by atoms with Gasteiger partial charge in [-0.2, -0.15) is 0 Å². The van der Waals surface area contributed by atoms with E-state index in [-0.39, 0.29) is 30.7 Å². The Morgan fingerprint density at radius 2 is 1.68 bits per heavy atom. The molecule has 1 aliphatic rings. The van der Waals surface area contributed by atoms with E-state index in [2.05, 4.69) is 20.9 Å². The summed E-state index contributed by atoms with van der Waals surface area (Å²) in [5, 5.41) is 9.08. The highest BCUT2D eigenvalue weighted by Gasteiger charge is 2.23. The van der Waals surface area contributed by atoms with E-state index in [0.717, 1.165) is 43.9 Å². The minimum absolute atomic E-state index is 0.00836. The number of ether oxygens (including phenoxy) is 1. The van der Waals surface area contributed by atoms with Crippen LogP contribution in [-0.4, -0.2) is 30.7 Å². The van der Waals surface area contributed by atoms with Crippen molar-refractivity contribution in [2.24, 2.45) is 4.99 Å². The summed E-state index contributed by atoms with van der Waals surface area (Å²) in [5.74, 6) is -3.47. The first-order valence-corrected chi connectivity index (χ1v) is 11.2. The molecule has 3 rings (SSSR count). The zero-order valence-corrected chi connectivity index (χ0v) is 18.8. The predicted octanol–water partition coefficient (Wildman–Crippen LogP) is 4.54. The van der Waals surface area contributed by atoms with Gasteiger partial charge in [0.1, 0.15) is 0 Å². The number of hydrogen-bond donors (Lipinski definition) is 3. The maximum Gasteiger partial charge on any atom is 0.407 e. The molecule has 0 aromatic heterocycles. The second kappa shape index (κ2) is 12.2. The Morgan fingerprint density at radius 1 is 0.971 bits per heavy atom. The number of aliphatic imine (C=N–C) groups is 1. The van der Waals surface area contributed by atoms with E-state index in [1.165, 1.54) is 18.2 Å². The molecule has 1 aliphatic carbocycles. The van der Waals surface area contributed by atoms with Crippen molar-refractivity contribution in [1.29, 1.82) is 0 Å². The molecule has 184 valence electrons. The lowest BCUT2D eigenvalue weighted by Crippen LogP contribution is -2.47. The number of carbonyl (C=O) groups excluding carboxylic acids is 1. The number of alkyl carbamates (subject to hydrolysis) is 1. The topological polar surface area (TPSA) is 74.8 Å². The van der Waals surface area contributed by atoms with Crippen LogP contribution >= 0.6 is 0 Å². The number of nitrogens with one attached hydrogen (secondary N) is 3. The number of guanidine groups is 1. The monoisotopic (exact) mass is 480 g/mol. The molecule has 0 bridgehead atoms. The van der Waals surface area contributed by atoms with Gasteiger partial charge in [0.2, 0.25) is 0 Å². The van der Waals surface area contributed by atoms with Gasteiger partial charge in [-0.3, -0.25) is 0 Å². The summed E-state index contributed by atoms with van der Waals surface area (Å²) in [7, 11) is 0. The van der Waals surface area contributed by atoms with Crippen LogP contribution < -0.4 is 16.0 Å². The molecule has 6 nitrogen and oxygen atoms in total. The first-order valence-electron chi connectivity index (χ1n) is 11.2. The Labute approximate surface area is 195 Å². The summed E-state index contributed by atoms with van der Waals surface area (Å²) >= 11 is 0. The van der Waals surface area contributed by atoms with Gasteiger partial charge in [-0.25, -0.2) is 27.3 Å². The van der Waals surface area contributed by atoms with E-state index >= 15 is 0 Å². The van der Waals surface area contributed by atoms with Gasteiger partial charge >= 0.3 is 6.09 Å². The van der Waals surface area contributed by atoms with Crippen molar-refractivity contribution in [1.82, 2.24) is 16.0 Å². The zero-order valence-electron chi connectivity index (χ0n) is 18.8. The maximum atomic E-state index is 14.0. The smallest absolute Gasteiger partial charge is 0.407 e. The van der Waals surface area contributed by atoms with Gasteiger partial charge in [0, 0.05) is 24.2 Å². The van der Waals surface area contributed by atoms with Gasteiger partial charge in [0.15, 0.2) is 29.2 Å². The fourth-order valence-corrected chi connectivity index (χ4v) is 3.74. The fraction of sp³-hybridized carbons (Fsp3) is 0.417. The number of benzene rings is 2. The van der Waals surface area contributed by atoms with Crippen LogP contribution in [0.15, 0.2) is 41.4 Å². The molecule has 0 saturated heterocycles. The average molecular weight is 481 g/mol. The third-order valence-corrected chi connectivity index (χ3v) is 5.55. The normalized spacial score (nSPS) is 18.3. The Bertz CT molecular complexity index is 1010. The molecule has 0 spiro atoms. The van der Waals surface area contributed by atoms with Crippen molar-refractivity contribution in [3.05, 3.63) is 70.8 Å². The van der Waals surface area contributed by atoms with E-state index < -0.39 is 29.4 Å². The molecule has 1 fully saturated rings. The molecule has 34 heavy (non-hydrogen) atoms. The van der Waals surface area contributed by atoms with Gasteiger partial charge in [0.05, 0.1) is 13.2 Å². The molecule has 0 aliphatic heterocycles. The molecule has 0 heterocycles. The third kappa shape index (κ3) is 7.36. The molecule has 0 radical (unpaired) electrons. The maximum absolute atomic E-state index is 14.0. The molecule has 1 amide bonds. The minimum Gasteiger partial charge on any atom is -0.450 e. The lowest BCUT2D eigenvalue weighted by molar-refractivity contribution is 0.144. The lowest BCUT2D eigenvalue weighted by Gasteiger charge is -2.30. The van der Waals surface area contributed by atoms with Crippen LogP contribution in [0.4, 0.5) is 22.4 Å². The van der Waals surface area contributed by atoms with Crippen molar-refractivity contribution in [2.75, 3.05) is 6.61 Å². The summed E-state index contributed by atoms with van der Waals surface area (Å²) in [6.45, 7) is 2.08. The number of hydrogen-bond acceptors (Lipinski definition) is 3. The average Bonchev–Trinajstić information content (AvgIpc) is 2.81. The molecule has 2 aromatic carbocycles. The van der Waals surface area contributed by atoms with Crippen molar-refractivity contribution < 1.29 is 27.1 Å². The highest BCUT2D eigenvalue weighted by atomic mass is 19.2. The number of carbonyl (C=O) groups is 1. The van der Waals surface area contributed by atoms with Crippen molar-refractivity contribution in [3.63, 3.8) is 0 Å². The Kier molecular flexibility index (Phi) is 9.12. The highest BCUT2D eigenvalue weighted by molar-refractivity contribution is 5.80. The van der Waals surface area contributed by atoms with Gasteiger partial charge in [-0.05, 0) is 56.4 Å². The third-order valence-electron chi connectivity index (χ3n) is 5.55. The number of halogens is 4. The fourth-order valence-electron chi connectivity index (χ4n) is 3.74. The van der Waals surface area contributed by atoms with Crippen LogP contribution in [0.3, 0.4) is 0 Å². The van der Waals surface area contributed by atoms with E-state index in [0.29, 0.717) is 18.1 Å². The largest absolute Gasteiger partial charge is 0.450 e. The second-order valence-electron chi connectivity index (χ2n) is 8.04. The van der Waals surface area contributed by atoms with E-state index in [4.69, 9.17) is 4.74 Å². The lowest BCUT2D eigenvalue weighted by atomic mass is 9.91. The highest BCUT2D eigenvalue weighted by Crippen LogP contribution is 2.19. The molecule has 1 saturated carbocycles. The number of amides is 1. The quantitative estimate of drug-likeness (QED) is 0.309. The zero-order chi connectivity index (χ0) is 24.5. The summed E-state index contributed by atoms with van der Waals surface area (Å²) in [5.41, 5.74) is 0.587. The van der Waals surface area contributed by atoms with Crippen molar-refractivity contribution >= 4 is 12.1 Å². The number of rotatable bonds is 7. The first kappa shape index (κ1) is 25.3. The van der Waals surface area contributed by atoms with Crippen LogP contribution in [0, 0.1) is 23.3 Å². The van der Waals surface area contributed by atoms with Crippen LogP contribution in [0.2, 0.25) is 0 Å². The van der Waals surface area contributed by atoms with Crippen molar-refractivity contribution in [2.45, 2.75) is 57.8 Å². The van der Waals surface area contributed by atoms with E-state index in [1.807, 2.05) is 0 Å². The Balaban J connectivity index is 1.64. The molecular weight excluding hydrogens is 452 g/mol. The van der Waals surface area contributed by atoms with Crippen LogP contribution in [0.5, 0.6) is 0 Å². The summed E-state index contributed by atoms with van der Waals surface area (Å²) in [6, 6.07) is 7.47. The van der Waals surface area contributed by atoms with Crippen LogP contribution in [0.1, 0.15) is 43.7 Å². The molecule has 3 N–H and O–H groups in total. The predicted molar refractivity (Wildman–Crippen MR) is 120 cm³/mol. The second-order valence-corrected chi connectivity index (χ2v) is 8.04. The molecule has 10 heteroatoms. The molecule has 0 unspecified atom stereocenters. The Morgan fingerprint density at radius 3 is 2.35 bits per heavy atom. The van der Waals surface area contributed by atoms with Crippen LogP contribution in [0.25, 0.3) is 0 Å². The van der Waals surface area contributed by atoms with E-state index in [1.54, 1.807) is 6.92 Å². The van der Waals surface area contributed by atoms with Gasteiger partial charge in [0.25, 0.3) is 0 Å². The van der Waals surface area contributed by atoms with Crippen LogP contribution in [-0.2, 0) is 17.8 Å². The van der Waals surface area contributed by atoms with Gasteiger partial charge in [-0.1, -0.05) is 18.2 Å². The standard InChI is InChI=1S/C24H28F4N4O2/c1-2-34-24(33)32-18-9-7-17(8-10-18)31-23(29-13-15-6-11-19(25)21(27)12-15)30-14-16-4-3-5-20(26)22(16)28/h3-6,11-12,17-18H,2,7-10,13-14H2,1H3,(H,32,33)(H2,29,30,31). The Hall–Kier alpha value is -3.30. The SMILES string of the molecule is CCOC(=O)NC1CCC(NC(=NCc2ccc(F)c(F)c2)NCc2cccc(F)c2F)CC1. The van der Waals surface area contributed by atoms with Gasteiger partial charge < -0.3 is 20.7 Å². The summed E-state index contributed by atoms with van der Waals surface area (Å²) in [6.07, 6.45) is 2.48. The number of nitrogens with zero attached hydrogens (tertiary/aromatic N) is 1. The first-order chi connectivity index (χ1) is 16.4. The van der Waals surface area contributed by atoms with Gasteiger partial charge in [-0.15, -0.1) is 0 Å². The molecule has 0 atom stereocenters. The minimum atomic E-state index is -0.968. The van der Waals surface area contributed by atoms with E-state index in [9.17, 15) is 22.4 Å². The molecular formula is C24H28F4N4O2. The summed E-state index contributed by atoms with van der Waals surface area (Å²) < 4.78 is 59.2.